The summed E-state index contributed by atoms with van der Waals surface area (Å²) in [6, 6.07) is 4.45. The molecule has 0 spiro atoms. The fraction of sp³-hybridized carbons (Fsp3) is 0.375. The molecule has 0 saturated carbocycles. The number of nitrogens with zero attached hydrogens (tertiary/aromatic N) is 1. The van der Waals surface area contributed by atoms with Crippen molar-refractivity contribution in [1.29, 1.82) is 0 Å². The molecular weight excluding hydrogens is 284 g/mol. The van der Waals surface area contributed by atoms with Gasteiger partial charge in [-0.3, -0.25) is 29.4 Å². The maximum atomic E-state index is 12.6. The highest BCUT2D eigenvalue weighted by atomic mass is 16.2. The second-order valence-electron chi connectivity index (χ2n) is 5.29. The van der Waals surface area contributed by atoms with Crippen LogP contribution in [0.15, 0.2) is 18.2 Å². The number of piperidine rings is 1. The molecule has 0 bridgehead atoms. The summed E-state index contributed by atoms with van der Waals surface area (Å²) < 4.78 is 0. The summed E-state index contributed by atoms with van der Waals surface area (Å²) in [7, 11) is 0. The van der Waals surface area contributed by atoms with Gasteiger partial charge in [0.25, 0.3) is 5.91 Å². The van der Waals surface area contributed by atoms with E-state index in [2.05, 4.69) is 5.32 Å². The van der Waals surface area contributed by atoms with E-state index in [1.165, 1.54) is 0 Å². The van der Waals surface area contributed by atoms with Gasteiger partial charge in [-0.1, -0.05) is 19.1 Å². The number of aryl methyl sites for hydroxylation is 2. The zero-order valence-corrected chi connectivity index (χ0v) is 12.6. The van der Waals surface area contributed by atoms with Crippen molar-refractivity contribution in [3.05, 3.63) is 34.9 Å². The predicted octanol–water partition coefficient (Wildman–Crippen LogP) is 0.961. The second-order valence-corrected chi connectivity index (χ2v) is 5.29. The van der Waals surface area contributed by atoms with Gasteiger partial charge in [0.1, 0.15) is 6.04 Å². The Morgan fingerprint density at radius 1 is 1.41 bits per heavy atom. The van der Waals surface area contributed by atoms with Gasteiger partial charge in [-0.25, -0.2) is 0 Å². The van der Waals surface area contributed by atoms with E-state index >= 15 is 0 Å². The highest BCUT2D eigenvalue weighted by molar-refractivity contribution is 6.07. The van der Waals surface area contributed by atoms with Crippen LogP contribution in [-0.2, 0) is 20.8 Å². The summed E-state index contributed by atoms with van der Waals surface area (Å²) in [5.41, 5.74) is 2.23. The second kappa shape index (κ2) is 6.51. The van der Waals surface area contributed by atoms with Crippen LogP contribution >= 0.6 is 0 Å². The Balaban J connectivity index is 2.27. The quantitative estimate of drug-likeness (QED) is 0.663. The monoisotopic (exact) mass is 302 g/mol. The Hall–Kier alpha value is -2.50. The third kappa shape index (κ3) is 3.05. The van der Waals surface area contributed by atoms with Crippen molar-refractivity contribution >= 4 is 24.1 Å². The molecule has 116 valence electrons. The van der Waals surface area contributed by atoms with Crippen LogP contribution in [-0.4, -0.2) is 35.1 Å². The SMILES string of the molecule is CCc1ccc(C(=O)N(C=O)C2CCC(=O)NC2=O)c(C)c1. The molecule has 0 radical (unpaired) electrons. The highest BCUT2D eigenvalue weighted by Gasteiger charge is 2.35. The van der Waals surface area contributed by atoms with Crippen molar-refractivity contribution in [2.45, 2.75) is 39.2 Å². The predicted molar refractivity (Wildman–Crippen MR) is 79.0 cm³/mol. The van der Waals surface area contributed by atoms with Gasteiger partial charge in [0, 0.05) is 12.0 Å². The van der Waals surface area contributed by atoms with Gasteiger partial charge in [0.2, 0.25) is 18.2 Å². The topological polar surface area (TPSA) is 83.6 Å². The number of carbonyl (C=O) groups is 4. The molecule has 1 aromatic rings. The summed E-state index contributed by atoms with van der Waals surface area (Å²) in [6.07, 6.45) is 1.47. The highest BCUT2D eigenvalue weighted by Crippen LogP contribution is 2.18. The molecule has 1 atom stereocenters. The van der Waals surface area contributed by atoms with Gasteiger partial charge in [-0.2, -0.15) is 0 Å². The lowest BCUT2D eigenvalue weighted by atomic mass is 10.00. The standard InChI is InChI=1S/C16H18N2O4/c1-3-11-4-5-12(10(2)8-11)16(22)18(9-19)13-6-7-14(20)17-15(13)21/h4-5,8-9,13H,3,6-7H2,1-2H3,(H,17,20,21). The minimum absolute atomic E-state index is 0.113. The maximum Gasteiger partial charge on any atom is 0.261 e. The molecule has 1 aliphatic rings. The first kappa shape index (κ1) is 15.9. The smallest absolute Gasteiger partial charge is 0.261 e. The zero-order valence-electron chi connectivity index (χ0n) is 12.6. The third-order valence-electron chi connectivity index (χ3n) is 3.82. The Bertz CT molecular complexity index is 639. The van der Waals surface area contributed by atoms with E-state index in [0.717, 1.165) is 22.4 Å². The first-order valence-electron chi connectivity index (χ1n) is 7.19. The molecule has 0 aliphatic carbocycles. The van der Waals surface area contributed by atoms with Crippen molar-refractivity contribution in [3.8, 4) is 0 Å². The molecule has 22 heavy (non-hydrogen) atoms. The van der Waals surface area contributed by atoms with Crippen LogP contribution in [0, 0.1) is 6.92 Å². The van der Waals surface area contributed by atoms with Crippen molar-refractivity contribution in [3.63, 3.8) is 0 Å². The first-order valence-corrected chi connectivity index (χ1v) is 7.19. The van der Waals surface area contributed by atoms with E-state index in [1.807, 2.05) is 19.1 Å². The van der Waals surface area contributed by atoms with Crippen LogP contribution in [0.1, 0.15) is 41.3 Å². The van der Waals surface area contributed by atoms with Gasteiger partial charge < -0.3 is 0 Å². The van der Waals surface area contributed by atoms with Crippen LogP contribution in [0.2, 0.25) is 0 Å². The summed E-state index contributed by atoms with van der Waals surface area (Å²) in [5.74, 6) is -1.52. The number of hydrogen-bond acceptors (Lipinski definition) is 4. The maximum absolute atomic E-state index is 12.6. The Labute approximate surface area is 128 Å². The van der Waals surface area contributed by atoms with Crippen LogP contribution in [0.25, 0.3) is 0 Å². The third-order valence-corrected chi connectivity index (χ3v) is 3.82. The molecule has 1 fully saturated rings. The number of rotatable bonds is 4. The van der Waals surface area contributed by atoms with Gasteiger partial charge in [0.15, 0.2) is 0 Å². The Morgan fingerprint density at radius 3 is 2.68 bits per heavy atom. The fourth-order valence-corrected chi connectivity index (χ4v) is 2.54. The van der Waals surface area contributed by atoms with E-state index in [9.17, 15) is 19.2 Å². The number of hydrogen-bond donors (Lipinski definition) is 1. The van der Waals surface area contributed by atoms with Crippen molar-refractivity contribution in [2.75, 3.05) is 0 Å². The number of amides is 4. The normalized spacial score (nSPS) is 17.8. The molecule has 1 saturated heterocycles. The molecule has 2 rings (SSSR count). The number of benzene rings is 1. The molecule has 4 amide bonds. The zero-order chi connectivity index (χ0) is 16.3. The molecule has 1 N–H and O–H groups in total. The number of nitrogens with one attached hydrogen (secondary N) is 1. The minimum atomic E-state index is -0.937. The molecule has 1 unspecified atom stereocenters. The van der Waals surface area contributed by atoms with Crippen molar-refractivity contribution in [2.24, 2.45) is 0 Å². The largest absolute Gasteiger partial charge is 0.295 e. The van der Waals surface area contributed by atoms with E-state index in [4.69, 9.17) is 0 Å². The van der Waals surface area contributed by atoms with E-state index in [1.54, 1.807) is 13.0 Å². The number of imide groups is 2. The molecule has 6 heteroatoms. The summed E-state index contributed by atoms with van der Waals surface area (Å²) in [4.78, 5) is 47.8. The van der Waals surface area contributed by atoms with Gasteiger partial charge >= 0.3 is 0 Å². The van der Waals surface area contributed by atoms with E-state index in [0.29, 0.717) is 12.0 Å². The summed E-state index contributed by atoms with van der Waals surface area (Å²) >= 11 is 0. The summed E-state index contributed by atoms with van der Waals surface area (Å²) in [5, 5.41) is 2.15. The molecule has 1 aromatic carbocycles. The molecular formula is C16H18N2O4. The van der Waals surface area contributed by atoms with Crippen LogP contribution in [0.3, 0.4) is 0 Å². The van der Waals surface area contributed by atoms with Gasteiger partial charge in [-0.05, 0) is 37.0 Å². The average Bonchev–Trinajstić information content (AvgIpc) is 2.49. The van der Waals surface area contributed by atoms with Crippen LogP contribution in [0.4, 0.5) is 0 Å². The molecule has 6 nitrogen and oxygen atoms in total. The van der Waals surface area contributed by atoms with Crippen molar-refractivity contribution < 1.29 is 19.2 Å². The fourth-order valence-electron chi connectivity index (χ4n) is 2.54. The molecule has 1 heterocycles. The van der Waals surface area contributed by atoms with Gasteiger partial charge in [-0.15, -0.1) is 0 Å². The minimum Gasteiger partial charge on any atom is -0.295 e. The number of carbonyl (C=O) groups excluding carboxylic acids is 4. The lowest BCUT2D eigenvalue weighted by molar-refractivity contribution is -0.139. The van der Waals surface area contributed by atoms with E-state index in [-0.39, 0.29) is 18.7 Å². The average molecular weight is 302 g/mol. The lowest BCUT2D eigenvalue weighted by Gasteiger charge is -2.28. The first-order chi connectivity index (χ1) is 10.5. The van der Waals surface area contributed by atoms with E-state index < -0.39 is 17.9 Å². The Kier molecular flexibility index (Phi) is 4.70. The van der Waals surface area contributed by atoms with Crippen molar-refractivity contribution in [1.82, 2.24) is 10.2 Å². The molecule has 0 aromatic heterocycles. The molecule has 1 aliphatic heterocycles. The lowest BCUT2D eigenvalue weighted by Crippen LogP contribution is -2.53. The van der Waals surface area contributed by atoms with Gasteiger partial charge in [0.05, 0.1) is 0 Å². The Morgan fingerprint density at radius 2 is 2.14 bits per heavy atom. The van der Waals surface area contributed by atoms with Crippen LogP contribution in [0.5, 0.6) is 0 Å². The van der Waals surface area contributed by atoms with Crippen LogP contribution < -0.4 is 5.32 Å². The summed E-state index contributed by atoms with van der Waals surface area (Å²) in [6.45, 7) is 3.80.